The molecule has 0 spiro atoms. The predicted molar refractivity (Wildman–Crippen MR) is 110 cm³/mol. The molecule has 2 fully saturated rings. The number of methoxy groups -OCH3 is 1. The molecule has 4 rings (SSSR count). The summed E-state index contributed by atoms with van der Waals surface area (Å²) in [6.45, 7) is 7.39. The number of fused-ring (bicyclic) bond motifs is 1. The van der Waals surface area contributed by atoms with E-state index in [0.717, 1.165) is 59.9 Å². The Balaban J connectivity index is 1.32. The second-order valence-electron chi connectivity index (χ2n) is 8.31. The molecule has 2 heterocycles. The number of hydrogen-bond donors (Lipinski definition) is 2. The van der Waals surface area contributed by atoms with Gasteiger partial charge in [0.15, 0.2) is 0 Å². The molecule has 6 heteroatoms. The van der Waals surface area contributed by atoms with E-state index < -0.39 is 0 Å². The van der Waals surface area contributed by atoms with Crippen molar-refractivity contribution in [1.29, 1.82) is 0 Å². The Morgan fingerprint density at radius 3 is 2.71 bits per heavy atom. The number of rotatable bonds is 6. The maximum Gasteiger partial charge on any atom is 0.315 e. The number of urea groups is 1. The molecule has 1 saturated carbocycles. The summed E-state index contributed by atoms with van der Waals surface area (Å²) in [4.78, 5) is 15.0. The number of hydrogen-bond acceptors (Lipinski definition) is 4. The maximum absolute atomic E-state index is 12.5. The number of ether oxygens (including phenoxy) is 1. The summed E-state index contributed by atoms with van der Waals surface area (Å²) < 4.78 is 11.3. The van der Waals surface area contributed by atoms with Gasteiger partial charge < -0.3 is 24.7 Å². The minimum Gasteiger partial charge on any atom is -0.497 e. The Kier molecular flexibility index (Phi) is 5.49. The Bertz CT molecular complexity index is 835. The molecule has 1 atom stereocenters. The fourth-order valence-corrected chi connectivity index (χ4v) is 4.17. The topological polar surface area (TPSA) is 66.7 Å². The third-order valence-corrected chi connectivity index (χ3v) is 6.06. The van der Waals surface area contributed by atoms with Crippen molar-refractivity contribution in [2.75, 3.05) is 26.7 Å². The molecule has 1 aromatic heterocycles. The number of carbonyl (C=O) groups excluding carboxylic acids is 1. The fraction of sp³-hybridized carbons (Fsp3) is 0.591. The predicted octanol–water partition coefficient (Wildman–Crippen LogP) is 3.98. The minimum atomic E-state index is -0.201. The Morgan fingerprint density at radius 2 is 2.04 bits per heavy atom. The van der Waals surface area contributed by atoms with E-state index in [1.807, 2.05) is 32.0 Å². The van der Waals surface area contributed by atoms with Gasteiger partial charge in [-0.25, -0.2) is 4.79 Å². The first-order chi connectivity index (χ1) is 13.5. The van der Waals surface area contributed by atoms with Crippen molar-refractivity contribution in [3.05, 3.63) is 29.5 Å². The monoisotopic (exact) mass is 385 g/mol. The SMILES string of the molecule is COc1ccc2oc(C(C)NC(=O)NC3CCN(CC4CC4)CC3)c(C)c2c1. The van der Waals surface area contributed by atoms with Crippen LogP contribution in [0.3, 0.4) is 0 Å². The highest BCUT2D eigenvalue weighted by molar-refractivity contribution is 5.84. The highest BCUT2D eigenvalue weighted by Crippen LogP contribution is 2.32. The minimum absolute atomic E-state index is 0.120. The van der Waals surface area contributed by atoms with Crippen molar-refractivity contribution < 1.29 is 13.9 Å². The standard InChI is InChI=1S/C22H31N3O3/c1-14-19-12-18(27-3)6-7-20(19)28-21(14)15(2)23-22(26)24-17-8-10-25(11-9-17)13-16-4-5-16/h6-7,12,15-17H,4-5,8-11,13H2,1-3H3,(H2,23,24,26). The highest BCUT2D eigenvalue weighted by Gasteiger charge is 2.28. The lowest BCUT2D eigenvalue weighted by atomic mass is 10.0. The van der Waals surface area contributed by atoms with Crippen molar-refractivity contribution in [1.82, 2.24) is 15.5 Å². The lowest BCUT2D eigenvalue weighted by Crippen LogP contribution is -2.48. The van der Waals surface area contributed by atoms with Gasteiger partial charge in [-0.05, 0) is 63.6 Å². The molecule has 28 heavy (non-hydrogen) atoms. The number of aryl methyl sites for hydroxylation is 1. The maximum atomic E-state index is 12.5. The van der Waals surface area contributed by atoms with Gasteiger partial charge in [-0.3, -0.25) is 0 Å². The lowest BCUT2D eigenvalue weighted by Gasteiger charge is -2.32. The molecule has 152 valence electrons. The summed E-state index contributed by atoms with van der Waals surface area (Å²) in [5, 5.41) is 7.20. The van der Waals surface area contributed by atoms with Crippen LogP contribution in [0, 0.1) is 12.8 Å². The van der Waals surface area contributed by atoms with Crippen LogP contribution in [0.1, 0.15) is 50.0 Å². The van der Waals surface area contributed by atoms with Gasteiger partial charge in [0.25, 0.3) is 0 Å². The average Bonchev–Trinajstić information content (AvgIpc) is 3.44. The molecule has 6 nitrogen and oxygen atoms in total. The largest absolute Gasteiger partial charge is 0.497 e. The van der Waals surface area contributed by atoms with Gasteiger partial charge in [0.1, 0.15) is 17.1 Å². The zero-order valence-corrected chi connectivity index (χ0v) is 17.1. The third-order valence-electron chi connectivity index (χ3n) is 6.06. The van der Waals surface area contributed by atoms with Gasteiger partial charge >= 0.3 is 6.03 Å². The first-order valence-corrected chi connectivity index (χ1v) is 10.4. The van der Waals surface area contributed by atoms with E-state index >= 15 is 0 Å². The smallest absolute Gasteiger partial charge is 0.315 e. The molecule has 2 N–H and O–H groups in total. The Labute approximate surface area is 166 Å². The van der Waals surface area contributed by atoms with Crippen LogP contribution >= 0.6 is 0 Å². The molecule has 2 aromatic rings. The quantitative estimate of drug-likeness (QED) is 0.789. The van der Waals surface area contributed by atoms with Crippen LogP contribution in [-0.2, 0) is 0 Å². The zero-order chi connectivity index (χ0) is 19.7. The number of likely N-dealkylation sites (tertiary alicyclic amines) is 1. The lowest BCUT2D eigenvalue weighted by molar-refractivity contribution is 0.186. The molecule has 1 aliphatic carbocycles. The molecular weight excluding hydrogens is 354 g/mol. The average molecular weight is 386 g/mol. The Morgan fingerprint density at radius 1 is 1.29 bits per heavy atom. The zero-order valence-electron chi connectivity index (χ0n) is 17.1. The Hall–Kier alpha value is -2.21. The van der Waals surface area contributed by atoms with Crippen molar-refractivity contribution in [3.63, 3.8) is 0 Å². The van der Waals surface area contributed by atoms with Gasteiger partial charge in [0, 0.05) is 36.6 Å². The molecule has 0 bridgehead atoms. The van der Waals surface area contributed by atoms with Crippen molar-refractivity contribution in [2.24, 2.45) is 5.92 Å². The van der Waals surface area contributed by atoms with Gasteiger partial charge in [-0.1, -0.05) is 0 Å². The summed E-state index contributed by atoms with van der Waals surface area (Å²) in [6.07, 6.45) is 4.84. The van der Waals surface area contributed by atoms with Crippen LogP contribution in [0.5, 0.6) is 5.75 Å². The van der Waals surface area contributed by atoms with Crippen LogP contribution in [0.4, 0.5) is 4.79 Å². The second-order valence-corrected chi connectivity index (χ2v) is 8.31. The summed E-state index contributed by atoms with van der Waals surface area (Å²) in [5.74, 6) is 2.52. The number of nitrogens with one attached hydrogen (secondary N) is 2. The van der Waals surface area contributed by atoms with Crippen LogP contribution in [-0.4, -0.2) is 43.7 Å². The van der Waals surface area contributed by atoms with E-state index in [0.29, 0.717) is 0 Å². The van der Waals surface area contributed by atoms with E-state index in [9.17, 15) is 4.79 Å². The van der Waals surface area contributed by atoms with Gasteiger partial charge in [-0.15, -0.1) is 0 Å². The molecule has 2 amide bonds. The van der Waals surface area contributed by atoms with Crippen LogP contribution in [0.25, 0.3) is 11.0 Å². The molecule has 1 saturated heterocycles. The molecular formula is C22H31N3O3. The second kappa shape index (κ2) is 8.03. The van der Waals surface area contributed by atoms with Gasteiger partial charge in [0.2, 0.25) is 0 Å². The fourth-order valence-electron chi connectivity index (χ4n) is 4.17. The molecule has 1 unspecified atom stereocenters. The number of furan rings is 1. The van der Waals surface area contributed by atoms with E-state index in [-0.39, 0.29) is 18.1 Å². The van der Waals surface area contributed by atoms with Crippen molar-refractivity contribution >= 4 is 17.0 Å². The van der Waals surface area contributed by atoms with E-state index in [1.165, 1.54) is 19.4 Å². The molecule has 0 radical (unpaired) electrons. The summed E-state index contributed by atoms with van der Waals surface area (Å²) in [5.41, 5.74) is 1.85. The normalized spacial score (nSPS) is 19.5. The molecule has 1 aliphatic heterocycles. The number of piperidine rings is 1. The van der Waals surface area contributed by atoms with Gasteiger partial charge in [0.05, 0.1) is 13.2 Å². The first kappa shape index (κ1) is 19.1. The summed E-state index contributed by atoms with van der Waals surface area (Å²) >= 11 is 0. The highest BCUT2D eigenvalue weighted by atomic mass is 16.5. The van der Waals surface area contributed by atoms with E-state index in [1.54, 1.807) is 7.11 Å². The van der Waals surface area contributed by atoms with Crippen LogP contribution < -0.4 is 15.4 Å². The third kappa shape index (κ3) is 4.27. The summed E-state index contributed by atoms with van der Waals surface area (Å²) in [6, 6.07) is 5.70. The van der Waals surface area contributed by atoms with Crippen molar-refractivity contribution in [2.45, 2.75) is 51.6 Å². The van der Waals surface area contributed by atoms with E-state index in [2.05, 4.69) is 15.5 Å². The van der Waals surface area contributed by atoms with E-state index in [4.69, 9.17) is 9.15 Å². The first-order valence-electron chi connectivity index (χ1n) is 10.4. The number of nitrogens with zero attached hydrogens (tertiary/aromatic N) is 1. The molecule has 2 aliphatic rings. The number of benzene rings is 1. The number of carbonyl (C=O) groups is 1. The van der Waals surface area contributed by atoms with Crippen molar-refractivity contribution in [3.8, 4) is 5.75 Å². The van der Waals surface area contributed by atoms with Crippen LogP contribution in [0.2, 0.25) is 0 Å². The van der Waals surface area contributed by atoms with Crippen LogP contribution in [0.15, 0.2) is 22.6 Å². The van der Waals surface area contributed by atoms with Gasteiger partial charge in [-0.2, -0.15) is 0 Å². The molecule has 1 aromatic carbocycles. The number of amides is 2. The summed E-state index contributed by atoms with van der Waals surface area (Å²) in [7, 11) is 1.66.